The molecular weight excluding hydrogens is 384 g/mol. The summed E-state index contributed by atoms with van der Waals surface area (Å²) in [7, 11) is 0. The van der Waals surface area contributed by atoms with Gasteiger partial charge in [-0.15, -0.1) is 0 Å². The second-order valence-electron chi connectivity index (χ2n) is 10.00. The lowest BCUT2D eigenvalue weighted by atomic mass is 9.65. The van der Waals surface area contributed by atoms with Crippen LogP contribution in [0.1, 0.15) is 62.6 Å². The molecule has 4 aromatic rings. The Hall–Kier alpha value is -3.12. The van der Waals surface area contributed by atoms with Crippen molar-refractivity contribution < 1.29 is 0 Å². The van der Waals surface area contributed by atoms with Crippen molar-refractivity contribution in [2.24, 2.45) is 0 Å². The standard InChI is InChI=1S/C32H28/c1-3-21-5-15-29-28-14-4-20(2)16-30(28)32(31(29)17-21,26-12-10-22-6-8-24(22)18-26)27-13-11-23-7-9-25(23)19-27/h4-5,10-19H,3,6-9H2,1-2H3. The monoisotopic (exact) mass is 412 g/mol. The average molecular weight is 413 g/mol. The van der Waals surface area contributed by atoms with Gasteiger partial charge in [-0.3, -0.25) is 0 Å². The van der Waals surface area contributed by atoms with Crippen molar-refractivity contribution >= 4 is 0 Å². The third-order valence-electron chi connectivity index (χ3n) is 8.37. The topological polar surface area (TPSA) is 0 Å². The van der Waals surface area contributed by atoms with Crippen LogP contribution in [0, 0.1) is 6.92 Å². The highest BCUT2D eigenvalue weighted by Crippen LogP contribution is 2.57. The van der Waals surface area contributed by atoms with Crippen LogP contribution in [0.2, 0.25) is 0 Å². The van der Waals surface area contributed by atoms with Gasteiger partial charge in [-0.2, -0.15) is 0 Å². The van der Waals surface area contributed by atoms with Gasteiger partial charge in [0.25, 0.3) is 0 Å². The van der Waals surface area contributed by atoms with E-state index < -0.39 is 0 Å². The van der Waals surface area contributed by atoms with Gasteiger partial charge in [-0.05, 0) is 100 Å². The molecule has 0 atom stereocenters. The second-order valence-corrected chi connectivity index (χ2v) is 10.00. The summed E-state index contributed by atoms with van der Waals surface area (Å²) in [6.07, 6.45) is 5.95. The average Bonchev–Trinajstić information content (AvgIpc) is 3.05. The van der Waals surface area contributed by atoms with Crippen molar-refractivity contribution in [1.82, 2.24) is 0 Å². The molecule has 3 aliphatic carbocycles. The molecule has 32 heavy (non-hydrogen) atoms. The normalized spacial score (nSPS) is 16.3. The minimum Gasteiger partial charge on any atom is -0.0613 e. The lowest BCUT2D eigenvalue weighted by molar-refractivity contribution is 0.738. The zero-order chi connectivity index (χ0) is 21.4. The van der Waals surface area contributed by atoms with Crippen molar-refractivity contribution in [3.8, 4) is 11.1 Å². The number of fused-ring (bicyclic) bond motifs is 5. The summed E-state index contributed by atoms with van der Waals surface area (Å²) in [5, 5.41) is 0. The Kier molecular flexibility index (Phi) is 3.72. The van der Waals surface area contributed by atoms with Crippen molar-refractivity contribution in [2.75, 3.05) is 0 Å². The van der Waals surface area contributed by atoms with Gasteiger partial charge in [0.05, 0.1) is 5.41 Å². The molecule has 0 fully saturated rings. The number of benzene rings is 4. The summed E-state index contributed by atoms with van der Waals surface area (Å²) in [5.41, 5.74) is 17.3. The zero-order valence-electron chi connectivity index (χ0n) is 19.0. The Morgan fingerprint density at radius 2 is 1.16 bits per heavy atom. The van der Waals surface area contributed by atoms with Crippen LogP contribution in [-0.2, 0) is 37.5 Å². The van der Waals surface area contributed by atoms with E-state index in [9.17, 15) is 0 Å². The molecule has 0 radical (unpaired) electrons. The van der Waals surface area contributed by atoms with Gasteiger partial charge >= 0.3 is 0 Å². The first-order chi connectivity index (χ1) is 15.7. The number of aryl methyl sites for hydroxylation is 6. The summed E-state index contributed by atoms with van der Waals surface area (Å²) in [6.45, 7) is 4.51. The van der Waals surface area contributed by atoms with Gasteiger partial charge in [-0.25, -0.2) is 0 Å². The van der Waals surface area contributed by atoms with E-state index in [4.69, 9.17) is 0 Å². The Balaban J connectivity index is 1.64. The fraction of sp³-hybridized carbons (Fsp3) is 0.250. The van der Waals surface area contributed by atoms with Crippen LogP contribution < -0.4 is 0 Å². The van der Waals surface area contributed by atoms with Crippen LogP contribution in [0.4, 0.5) is 0 Å². The predicted molar refractivity (Wildman–Crippen MR) is 133 cm³/mol. The Bertz CT molecular complexity index is 1360. The van der Waals surface area contributed by atoms with Gasteiger partial charge in [0.2, 0.25) is 0 Å². The van der Waals surface area contributed by atoms with Crippen molar-refractivity contribution in [1.29, 1.82) is 0 Å². The van der Waals surface area contributed by atoms with E-state index in [-0.39, 0.29) is 5.41 Å². The van der Waals surface area contributed by atoms with Gasteiger partial charge in [0.15, 0.2) is 0 Å². The SMILES string of the molecule is CCc1ccc2c(c1)C(c1ccc3c(c1)CC3)(c1ccc3c(c1)CC3)c1cc(C)ccc1-2. The molecule has 0 amide bonds. The van der Waals surface area contributed by atoms with Crippen LogP contribution in [0.5, 0.6) is 0 Å². The maximum atomic E-state index is 2.53. The van der Waals surface area contributed by atoms with Crippen LogP contribution in [-0.4, -0.2) is 0 Å². The summed E-state index contributed by atoms with van der Waals surface area (Å²) in [6, 6.07) is 29.0. The molecule has 7 rings (SSSR count). The van der Waals surface area contributed by atoms with Crippen LogP contribution >= 0.6 is 0 Å². The minimum atomic E-state index is -0.239. The van der Waals surface area contributed by atoms with Crippen LogP contribution in [0.3, 0.4) is 0 Å². The molecule has 0 N–H and O–H groups in total. The molecule has 0 nitrogen and oxygen atoms in total. The highest BCUT2D eigenvalue weighted by Gasteiger charge is 2.47. The number of hydrogen-bond acceptors (Lipinski definition) is 0. The Morgan fingerprint density at radius 1 is 0.594 bits per heavy atom. The molecule has 4 aromatic carbocycles. The molecule has 0 aliphatic heterocycles. The summed E-state index contributed by atoms with van der Waals surface area (Å²) in [4.78, 5) is 0. The minimum absolute atomic E-state index is 0.239. The van der Waals surface area contributed by atoms with Gasteiger partial charge in [0.1, 0.15) is 0 Å². The first-order valence-electron chi connectivity index (χ1n) is 12.2. The summed E-state index contributed by atoms with van der Waals surface area (Å²) in [5.74, 6) is 0. The van der Waals surface area contributed by atoms with E-state index in [1.54, 1.807) is 11.1 Å². The van der Waals surface area contributed by atoms with E-state index >= 15 is 0 Å². The lowest BCUT2D eigenvalue weighted by Gasteiger charge is -2.37. The Labute approximate surface area is 191 Å². The fourth-order valence-corrected chi connectivity index (χ4v) is 6.35. The molecule has 0 spiro atoms. The molecule has 0 saturated heterocycles. The smallest absolute Gasteiger partial charge is 0.0613 e. The molecular formula is C32H28. The second kappa shape index (κ2) is 6.45. The van der Waals surface area contributed by atoms with E-state index in [0.29, 0.717) is 0 Å². The highest BCUT2D eigenvalue weighted by atomic mass is 14.5. The van der Waals surface area contributed by atoms with Crippen molar-refractivity contribution in [3.63, 3.8) is 0 Å². The van der Waals surface area contributed by atoms with E-state index in [1.807, 2.05) is 0 Å². The summed E-state index contributed by atoms with van der Waals surface area (Å²) < 4.78 is 0. The first-order valence-corrected chi connectivity index (χ1v) is 12.2. The number of rotatable bonds is 3. The predicted octanol–water partition coefficient (Wildman–Crippen LogP) is 7.12. The fourth-order valence-electron chi connectivity index (χ4n) is 6.35. The third-order valence-corrected chi connectivity index (χ3v) is 8.37. The Morgan fingerprint density at radius 3 is 1.69 bits per heavy atom. The molecule has 0 unspecified atom stereocenters. The lowest BCUT2D eigenvalue weighted by Crippen LogP contribution is -2.30. The van der Waals surface area contributed by atoms with Crippen molar-refractivity contribution in [3.05, 3.63) is 128 Å². The van der Waals surface area contributed by atoms with Crippen molar-refractivity contribution in [2.45, 2.75) is 51.4 Å². The molecule has 0 heterocycles. The van der Waals surface area contributed by atoms with Gasteiger partial charge < -0.3 is 0 Å². The van der Waals surface area contributed by atoms with E-state index in [0.717, 1.165) is 6.42 Å². The number of hydrogen-bond donors (Lipinski definition) is 0. The van der Waals surface area contributed by atoms with Crippen LogP contribution in [0.15, 0.2) is 72.8 Å². The molecule has 0 heteroatoms. The first kappa shape index (κ1) is 18.5. The molecule has 0 bridgehead atoms. The molecule has 0 saturated carbocycles. The maximum absolute atomic E-state index is 2.53. The third kappa shape index (κ3) is 2.28. The van der Waals surface area contributed by atoms with E-state index in [2.05, 4.69) is 86.6 Å². The highest BCUT2D eigenvalue weighted by molar-refractivity contribution is 5.87. The van der Waals surface area contributed by atoms with E-state index in [1.165, 1.54) is 81.3 Å². The van der Waals surface area contributed by atoms with Gasteiger partial charge in [0, 0.05) is 0 Å². The maximum Gasteiger partial charge on any atom is 0.0713 e. The largest absolute Gasteiger partial charge is 0.0713 e. The summed E-state index contributed by atoms with van der Waals surface area (Å²) >= 11 is 0. The van der Waals surface area contributed by atoms with Crippen LogP contribution in [0.25, 0.3) is 11.1 Å². The molecule has 156 valence electrons. The van der Waals surface area contributed by atoms with Gasteiger partial charge in [-0.1, -0.05) is 85.3 Å². The zero-order valence-corrected chi connectivity index (χ0v) is 19.0. The molecule has 0 aromatic heterocycles. The molecule has 3 aliphatic rings. The quantitative estimate of drug-likeness (QED) is 0.296.